The summed E-state index contributed by atoms with van der Waals surface area (Å²) in [4.78, 5) is 14.6. The van der Waals surface area contributed by atoms with Gasteiger partial charge in [-0.25, -0.2) is 4.79 Å². The number of anilines is 2. The molecule has 2 aromatic carbocycles. The minimum atomic E-state index is -1.04. The maximum atomic E-state index is 11.4. The van der Waals surface area contributed by atoms with Crippen LogP contribution in [0.25, 0.3) is 16.9 Å². The summed E-state index contributed by atoms with van der Waals surface area (Å²) in [7, 11) is 4.56. The minimum absolute atomic E-state index is 0.134. The average molecular weight is 433 g/mol. The van der Waals surface area contributed by atoms with Crippen molar-refractivity contribution in [2.45, 2.75) is 0 Å². The highest BCUT2D eigenvalue weighted by atomic mass is 16.5. The number of nitriles is 1. The lowest BCUT2D eigenvalue weighted by atomic mass is 10.1. The van der Waals surface area contributed by atoms with E-state index in [1.807, 2.05) is 0 Å². The number of carbonyl (C=O) groups is 1. The van der Waals surface area contributed by atoms with Crippen molar-refractivity contribution in [3.8, 4) is 34.6 Å². The molecule has 162 valence electrons. The van der Waals surface area contributed by atoms with Crippen LogP contribution in [0.5, 0.6) is 17.2 Å². The summed E-state index contributed by atoms with van der Waals surface area (Å²) in [5, 5.41) is 26.3. The summed E-state index contributed by atoms with van der Waals surface area (Å²) in [6.45, 7) is 0. The van der Waals surface area contributed by atoms with E-state index in [2.05, 4.69) is 21.5 Å². The number of carboxylic acid groups (broad SMARTS) is 1. The molecule has 2 aromatic heterocycles. The Balaban J connectivity index is 1.93. The van der Waals surface area contributed by atoms with Crippen LogP contribution >= 0.6 is 0 Å². The van der Waals surface area contributed by atoms with E-state index in [0.717, 1.165) is 0 Å². The molecule has 0 radical (unpaired) electrons. The molecule has 0 bridgehead atoms. The third-order valence-electron chi connectivity index (χ3n) is 4.91. The Morgan fingerprint density at radius 1 is 1.16 bits per heavy atom. The van der Waals surface area contributed by atoms with Gasteiger partial charge in [0.15, 0.2) is 23.0 Å². The second kappa shape index (κ2) is 8.23. The van der Waals surface area contributed by atoms with Crippen LogP contribution in [0.4, 0.5) is 11.5 Å². The van der Waals surface area contributed by atoms with Crippen molar-refractivity contribution in [1.29, 1.82) is 5.26 Å². The Morgan fingerprint density at radius 2 is 1.88 bits per heavy atom. The quantitative estimate of drug-likeness (QED) is 0.402. The number of hydrogen-bond acceptors (Lipinski definition) is 7. The first-order chi connectivity index (χ1) is 15.5. The maximum Gasteiger partial charge on any atom is 0.335 e. The summed E-state index contributed by atoms with van der Waals surface area (Å²) in [5.74, 6) is 0.806. The summed E-state index contributed by atoms with van der Waals surface area (Å²) < 4.78 is 17.9. The highest BCUT2D eigenvalue weighted by Gasteiger charge is 2.21. The zero-order chi connectivity index (χ0) is 22.8. The third-order valence-corrected chi connectivity index (χ3v) is 4.91. The fourth-order valence-corrected chi connectivity index (χ4v) is 3.42. The zero-order valence-corrected chi connectivity index (χ0v) is 17.5. The van der Waals surface area contributed by atoms with E-state index >= 15 is 0 Å². The summed E-state index contributed by atoms with van der Waals surface area (Å²) in [5.41, 5.74) is 2.76. The number of carboxylic acids is 1. The molecular formula is C22H19N5O5. The van der Waals surface area contributed by atoms with Gasteiger partial charge in [-0.3, -0.25) is 0 Å². The number of hydrogen-bond donors (Lipinski definition) is 3. The molecule has 0 amide bonds. The smallest absolute Gasteiger partial charge is 0.335 e. The summed E-state index contributed by atoms with van der Waals surface area (Å²) in [6.07, 6.45) is 1.45. The van der Waals surface area contributed by atoms with Crippen LogP contribution in [0.2, 0.25) is 0 Å². The van der Waals surface area contributed by atoms with Gasteiger partial charge in [0.05, 0.1) is 38.8 Å². The molecule has 0 fully saturated rings. The maximum absolute atomic E-state index is 11.4. The van der Waals surface area contributed by atoms with Crippen LogP contribution in [0.15, 0.2) is 42.6 Å². The number of imidazole rings is 1. The lowest BCUT2D eigenvalue weighted by molar-refractivity contribution is 0.0697. The fourth-order valence-electron chi connectivity index (χ4n) is 3.42. The van der Waals surface area contributed by atoms with Crippen molar-refractivity contribution in [3.63, 3.8) is 0 Å². The Labute approximate surface area is 182 Å². The van der Waals surface area contributed by atoms with Gasteiger partial charge in [-0.2, -0.15) is 14.9 Å². The van der Waals surface area contributed by atoms with E-state index in [9.17, 15) is 15.2 Å². The number of aromatic carboxylic acids is 1. The van der Waals surface area contributed by atoms with Crippen LogP contribution in [-0.2, 0) is 0 Å². The van der Waals surface area contributed by atoms with Crippen molar-refractivity contribution in [3.05, 3.63) is 53.7 Å². The number of ether oxygens (including phenoxy) is 3. The molecule has 0 saturated heterocycles. The lowest BCUT2D eigenvalue weighted by Crippen LogP contribution is -2.01. The second-order valence-corrected chi connectivity index (χ2v) is 6.70. The first-order valence-corrected chi connectivity index (χ1v) is 9.41. The molecule has 0 spiro atoms. The van der Waals surface area contributed by atoms with Gasteiger partial charge in [0.25, 0.3) is 0 Å². The molecule has 2 heterocycles. The Bertz CT molecular complexity index is 1340. The predicted octanol–water partition coefficient (Wildman–Crippen LogP) is 3.67. The summed E-state index contributed by atoms with van der Waals surface area (Å²) >= 11 is 0. The predicted molar refractivity (Wildman–Crippen MR) is 116 cm³/mol. The molecule has 4 aromatic rings. The van der Waals surface area contributed by atoms with Gasteiger partial charge in [0, 0.05) is 11.3 Å². The summed E-state index contributed by atoms with van der Waals surface area (Å²) in [6, 6.07) is 12.0. The molecule has 0 atom stereocenters. The normalized spacial score (nSPS) is 10.6. The van der Waals surface area contributed by atoms with E-state index in [1.165, 1.54) is 39.7 Å². The molecule has 0 aliphatic heterocycles. The average Bonchev–Trinajstić information content (AvgIpc) is 3.37. The fraction of sp³-hybridized carbons (Fsp3) is 0.136. The molecule has 10 heteroatoms. The Kier molecular flexibility index (Phi) is 5.30. The number of aromatic nitrogens is 3. The third kappa shape index (κ3) is 3.41. The first kappa shape index (κ1) is 20.6. The number of benzene rings is 2. The highest BCUT2D eigenvalue weighted by molar-refractivity contribution is 5.90. The highest BCUT2D eigenvalue weighted by Crippen LogP contribution is 2.43. The monoisotopic (exact) mass is 433 g/mol. The van der Waals surface area contributed by atoms with Crippen molar-refractivity contribution >= 4 is 23.1 Å². The molecule has 4 rings (SSSR count). The zero-order valence-electron chi connectivity index (χ0n) is 17.5. The minimum Gasteiger partial charge on any atom is -0.493 e. The van der Waals surface area contributed by atoms with E-state index in [-0.39, 0.29) is 5.56 Å². The largest absolute Gasteiger partial charge is 0.493 e. The van der Waals surface area contributed by atoms with E-state index in [0.29, 0.717) is 51.2 Å². The van der Waals surface area contributed by atoms with Gasteiger partial charge in [-0.05, 0) is 30.3 Å². The number of fused-ring (bicyclic) bond motifs is 1. The number of nitrogens with zero attached hydrogens (tertiary/aromatic N) is 3. The van der Waals surface area contributed by atoms with Crippen LogP contribution in [0, 0.1) is 11.3 Å². The van der Waals surface area contributed by atoms with Crippen LogP contribution in [0.1, 0.15) is 15.9 Å². The SMILES string of the molecule is COc1cc(-c2[nH]c3c(C#N)cnn3c2Nc2cccc(C(=O)O)c2)cc(OC)c1OC. The Hall–Kier alpha value is -4.65. The number of aromatic amines is 1. The van der Waals surface area contributed by atoms with Gasteiger partial charge in [-0.1, -0.05) is 6.07 Å². The van der Waals surface area contributed by atoms with E-state index in [4.69, 9.17) is 14.2 Å². The standard InChI is InChI=1S/C22H19N5O5/c1-30-16-8-13(9-17(31-2)19(16)32-3)18-21(27-20(26-18)14(10-23)11-24-27)25-15-6-4-5-12(7-15)22(28)29/h4-9,11,25-26H,1-3H3,(H,28,29). The number of methoxy groups -OCH3 is 3. The van der Waals surface area contributed by atoms with Gasteiger partial charge in [0.2, 0.25) is 5.75 Å². The lowest BCUT2D eigenvalue weighted by Gasteiger charge is -2.15. The van der Waals surface area contributed by atoms with Crippen molar-refractivity contribution in [2.24, 2.45) is 0 Å². The number of H-pyrrole nitrogens is 1. The molecule has 0 aliphatic rings. The molecule has 32 heavy (non-hydrogen) atoms. The van der Waals surface area contributed by atoms with Gasteiger partial charge in [-0.15, -0.1) is 0 Å². The van der Waals surface area contributed by atoms with E-state index < -0.39 is 5.97 Å². The molecule has 0 aliphatic carbocycles. The van der Waals surface area contributed by atoms with E-state index in [1.54, 1.807) is 28.8 Å². The van der Waals surface area contributed by atoms with Crippen LogP contribution in [0.3, 0.4) is 0 Å². The van der Waals surface area contributed by atoms with Gasteiger partial charge < -0.3 is 29.6 Å². The first-order valence-electron chi connectivity index (χ1n) is 9.41. The van der Waals surface area contributed by atoms with Crippen molar-refractivity contribution in [2.75, 3.05) is 26.6 Å². The van der Waals surface area contributed by atoms with Crippen LogP contribution in [-0.4, -0.2) is 47.0 Å². The molecule has 3 N–H and O–H groups in total. The van der Waals surface area contributed by atoms with Crippen molar-refractivity contribution < 1.29 is 24.1 Å². The van der Waals surface area contributed by atoms with Gasteiger partial charge >= 0.3 is 5.97 Å². The molecule has 0 saturated carbocycles. The molecule has 10 nitrogen and oxygen atoms in total. The topological polar surface area (TPSA) is 134 Å². The second-order valence-electron chi connectivity index (χ2n) is 6.70. The van der Waals surface area contributed by atoms with Crippen molar-refractivity contribution in [1.82, 2.24) is 14.6 Å². The molecular weight excluding hydrogens is 414 g/mol. The Morgan fingerprint density at radius 3 is 2.47 bits per heavy atom. The number of rotatable bonds is 7. The number of nitrogens with one attached hydrogen (secondary N) is 2. The van der Waals surface area contributed by atoms with Gasteiger partial charge in [0.1, 0.15) is 11.6 Å². The molecule has 0 unspecified atom stereocenters. The van der Waals surface area contributed by atoms with Crippen LogP contribution < -0.4 is 19.5 Å².